The number of aryl methyl sites for hydroxylation is 2. The Morgan fingerprint density at radius 2 is 1.56 bits per heavy atom. The molecule has 2 atom stereocenters. The molecule has 1 aromatic rings. The van der Waals surface area contributed by atoms with Crippen LogP contribution in [0, 0.1) is 13.8 Å². The molecule has 0 aliphatic carbocycles. The maximum atomic E-state index is 4.17. The van der Waals surface area contributed by atoms with Crippen molar-refractivity contribution in [1.82, 2.24) is 10.3 Å². The first-order valence-electron chi connectivity index (χ1n) is 6.24. The molecule has 0 amide bonds. The van der Waals surface area contributed by atoms with Crippen LogP contribution in [0.5, 0.6) is 0 Å². The van der Waals surface area contributed by atoms with Crippen LogP contribution < -0.4 is 5.32 Å². The Balaban J connectivity index is 0.000000160. The normalized spacial score (nSPS) is 24.5. The van der Waals surface area contributed by atoms with Crippen LogP contribution in [0.1, 0.15) is 44.5 Å². The Hall–Kier alpha value is -0.890. The van der Waals surface area contributed by atoms with E-state index in [0.29, 0.717) is 0 Å². The van der Waals surface area contributed by atoms with E-state index in [2.05, 4.69) is 24.1 Å². The molecule has 1 aliphatic rings. The number of pyridine rings is 1. The monoisotopic (exact) mass is 220 g/mol. The second-order valence-corrected chi connectivity index (χ2v) is 4.82. The van der Waals surface area contributed by atoms with E-state index in [1.807, 2.05) is 32.0 Å². The fraction of sp³-hybridized carbons (Fsp3) is 0.643. The van der Waals surface area contributed by atoms with Crippen LogP contribution in [0.2, 0.25) is 0 Å². The quantitative estimate of drug-likeness (QED) is 0.726. The first-order valence-corrected chi connectivity index (χ1v) is 6.24. The lowest BCUT2D eigenvalue weighted by molar-refractivity contribution is 0.352. The van der Waals surface area contributed by atoms with E-state index >= 15 is 0 Å². The van der Waals surface area contributed by atoms with Crippen molar-refractivity contribution >= 4 is 0 Å². The van der Waals surface area contributed by atoms with Gasteiger partial charge in [0.15, 0.2) is 0 Å². The lowest BCUT2D eigenvalue weighted by atomic mass is 10.0. The van der Waals surface area contributed by atoms with Crippen molar-refractivity contribution in [2.24, 2.45) is 0 Å². The Labute approximate surface area is 99.5 Å². The van der Waals surface area contributed by atoms with Crippen LogP contribution >= 0.6 is 0 Å². The summed E-state index contributed by atoms with van der Waals surface area (Å²) < 4.78 is 0. The summed E-state index contributed by atoms with van der Waals surface area (Å²) in [6, 6.07) is 7.52. The number of piperidine rings is 1. The van der Waals surface area contributed by atoms with E-state index in [0.717, 1.165) is 23.5 Å². The Kier molecular flexibility index (Phi) is 5.47. The summed E-state index contributed by atoms with van der Waals surface area (Å²) in [4.78, 5) is 4.17. The van der Waals surface area contributed by atoms with Gasteiger partial charge in [0.25, 0.3) is 0 Å². The summed E-state index contributed by atoms with van der Waals surface area (Å²) in [6.45, 7) is 8.51. The molecule has 0 radical (unpaired) electrons. The van der Waals surface area contributed by atoms with Gasteiger partial charge in [-0.1, -0.05) is 12.5 Å². The largest absolute Gasteiger partial charge is 0.312 e. The first kappa shape index (κ1) is 13.2. The third-order valence-electron chi connectivity index (χ3n) is 2.87. The zero-order valence-electron chi connectivity index (χ0n) is 11.0. The van der Waals surface area contributed by atoms with Crippen molar-refractivity contribution in [2.45, 2.75) is 59.0 Å². The molecule has 1 fully saturated rings. The topological polar surface area (TPSA) is 24.9 Å². The molecule has 0 saturated carbocycles. The van der Waals surface area contributed by atoms with Gasteiger partial charge in [-0.25, -0.2) is 0 Å². The minimum atomic E-state index is 0.763. The summed E-state index contributed by atoms with van der Waals surface area (Å²) in [5.41, 5.74) is 2.18. The molecular weight excluding hydrogens is 196 g/mol. The second kappa shape index (κ2) is 6.64. The average molecular weight is 220 g/mol. The highest BCUT2D eigenvalue weighted by Gasteiger charge is 2.12. The van der Waals surface area contributed by atoms with Gasteiger partial charge in [-0.05, 0) is 52.7 Å². The molecule has 0 aromatic carbocycles. The van der Waals surface area contributed by atoms with Crippen LogP contribution in [0.25, 0.3) is 0 Å². The maximum Gasteiger partial charge on any atom is 0.0375 e. The smallest absolute Gasteiger partial charge is 0.0375 e. The van der Waals surface area contributed by atoms with E-state index in [9.17, 15) is 0 Å². The molecule has 2 nitrogen and oxygen atoms in total. The molecule has 1 aromatic heterocycles. The van der Waals surface area contributed by atoms with E-state index in [-0.39, 0.29) is 0 Å². The van der Waals surface area contributed by atoms with Crippen LogP contribution in [-0.2, 0) is 0 Å². The third-order valence-corrected chi connectivity index (χ3v) is 2.87. The highest BCUT2D eigenvalue weighted by atomic mass is 14.9. The lowest BCUT2D eigenvalue weighted by Crippen LogP contribution is -2.38. The lowest BCUT2D eigenvalue weighted by Gasteiger charge is -2.25. The van der Waals surface area contributed by atoms with Gasteiger partial charge < -0.3 is 5.32 Å². The molecule has 2 heterocycles. The zero-order chi connectivity index (χ0) is 12.0. The fourth-order valence-electron chi connectivity index (χ4n) is 2.06. The van der Waals surface area contributed by atoms with Crippen molar-refractivity contribution in [1.29, 1.82) is 0 Å². The molecule has 90 valence electrons. The summed E-state index contributed by atoms with van der Waals surface area (Å²) in [5, 5.41) is 3.48. The Morgan fingerprint density at radius 3 is 1.81 bits per heavy atom. The van der Waals surface area contributed by atoms with Crippen molar-refractivity contribution in [3.8, 4) is 0 Å². The number of hydrogen-bond donors (Lipinski definition) is 1. The predicted octanol–water partition coefficient (Wildman–Crippen LogP) is 3.24. The SMILES string of the molecule is CC1CCCC(C)N1.Cc1cccc(C)n1. The molecule has 1 aliphatic heterocycles. The van der Waals surface area contributed by atoms with Gasteiger partial charge in [0.2, 0.25) is 0 Å². The highest BCUT2D eigenvalue weighted by Crippen LogP contribution is 2.10. The maximum absolute atomic E-state index is 4.17. The molecular formula is C14H24N2. The molecule has 0 spiro atoms. The molecule has 2 rings (SSSR count). The molecule has 2 unspecified atom stereocenters. The minimum Gasteiger partial charge on any atom is -0.312 e. The van der Waals surface area contributed by atoms with E-state index in [4.69, 9.17) is 0 Å². The van der Waals surface area contributed by atoms with Gasteiger partial charge in [0.05, 0.1) is 0 Å². The van der Waals surface area contributed by atoms with Gasteiger partial charge >= 0.3 is 0 Å². The van der Waals surface area contributed by atoms with Gasteiger partial charge in [-0.2, -0.15) is 0 Å². The van der Waals surface area contributed by atoms with E-state index < -0.39 is 0 Å². The minimum absolute atomic E-state index is 0.763. The van der Waals surface area contributed by atoms with Crippen molar-refractivity contribution in [2.75, 3.05) is 0 Å². The summed E-state index contributed by atoms with van der Waals surface area (Å²) in [5.74, 6) is 0. The Morgan fingerprint density at radius 1 is 1.06 bits per heavy atom. The Bertz CT molecular complexity index is 284. The van der Waals surface area contributed by atoms with Crippen molar-refractivity contribution < 1.29 is 0 Å². The fourth-order valence-corrected chi connectivity index (χ4v) is 2.06. The molecule has 2 heteroatoms. The standard InChI is InChI=1S/C7H15N.C7H9N/c2*1-6-4-3-5-7(2)8-6/h6-8H,3-5H2,1-2H3;3-5H,1-2H3. The number of hydrogen-bond acceptors (Lipinski definition) is 2. The number of nitrogens with one attached hydrogen (secondary N) is 1. The van der Waals surface area contributed by atoms with Crippen molar-refractivity contribution in [3.63, 3.8) is 0 Å². The van der Waals surface area contributed by atoms with Gasteiger partial charge in [0, 0.05) is 23.5 Å². The summed E-state index contributed by atoms with van der Waals surface area (Å²) in [7, 11) is 0. The van der Waals surface area contributed by atoms with E-state index in [1.54, 1.807) is 0 Å². The van der Waals surface area contributed by atoms with E-state index in [1.165, 1.54) is 19.3 Å². The van der Waals surface area contributed by atoms with Crippen molar-refractivity contribution in [3.05, 3.63) is 29.6 Å². The number of rotatable bonds is 0. The van der Waals surface area contributed by atoms with Crippen LogP contribution in [0.3, 0.4) is 0 Å². The molecule has 1 saturated heterocycles. The van der Waals surface area contributed by atoms with Gasteiger partial charge in [0.1, 0.15) is 0 Å². The van der Waals surface area contributed by atoms with Crippen LogP contribution in [0.15, 0.2) is 18.2 Å². The third kappa shape index (κ3) is 5.26. The van der Waals surface area contributed by atoms with Crippen LogP contribution in [0.4, 0.5) is 0 Å². The number of aromatic nitrogens is 1. The summed E-state index contributed by atoms with van der Waals surface area (Å²) in [6.07, 6.45) is 4.14. The molecule has 1 N–H and O–H groups in total. The average Bonchev–Trinajstić information content (AvgIpc) is 2.17. The zero-order valence-corrected chi connectivity index (χ0v) is 11.0. The van der Waals surface area contributed by atoms with Gasteiger partial charge in [-0.3, -0.25) is 4.98 Å². The molecule has 0 bridgehead atoms. The predicted molar refractivity (Wildman–Crippen MR) is 69.6 cm³/mol. The first-order chi connectivity index (χ1) is 7.58. The molecule has 16 heavy (non-hydrogen) atoms. The highest BCUT2D eigenvalue weighted by molar-refractivity contribution is 5.07. The van der Waals surface area contributed by atoms with Gasteiger partial charge in [-0.15, -0.1) is 0 Å². The number of nitrogens with zero attached hydrogens (tertiary/aromatic N) is 1. The second-order valence-electron chi connectivity index (χ2n) is 4.82. The summed E-state index contributed by atoms with van der Waals surface area (Å²) >= 11 is 0. The van der Waals surface area contributed by atoms with Crippen LogP contribution in [-0.4, -0.2) is 17.1 Å².